The highest BCUT2D eigenvalue weighted by Crippen LogP contribution is 2.30. The number of esters is 2. The van der Waals surface area contributed by atoms with E-state index in [1.807, 2.05) is 50.2 Å². The minimum absolute atomic E-state index is 0.338. The number of hydrogen-bond donors (Lipinski definition) is 2. The number of carbonyl (C=O) groups excluding carboxylic acids is 2. The van der Waals surface area contributed by atoms with Crippen LogP contribution in [0.3, 0.4) is 0 Å². The van der Waals surface area contributed by atoms with Crippen LogP contribution in [0.1, 0.15) is 27.7 Å². The largest absolute Gasteiger partial charge is 0.463 e. The lowest BCUT2D eigenvalue weighted by Gasteiger charge is -2.14. The van der Waals surface area contributed by atoms with Crippen LogP contribution in [0.5, 0.6) is 0 Å². The van der Waals surface area contributed by atoms with E-state index in [4.69, 9.17) is 9.47 Å². The van der Waals surface area contributed by atoms with Crippen molar-refractivity contribution in [3.8, 4) is 0 Å². The van der Waals surface area contributed by atoms with E-state index in [1.165, 1.54) is 12.2 Å². The molecule has 0 aliphatic rings. The molecule has 0 heterocycles. The Morgan fingerprint density at radius 2 is 1.18 bits per heavy atom. The molecule has 0 unspecified atom stereocenters. The number of benzene rings is 2. The first-order valence-corrected chi connectivity index (χ1v) is 9.20. The summed E-state index contributed by atoms with van der Waals surface area (Å²) in [6.07, 6.45) is 2.85. The first-order chi connectivity index (χ1) is 13.4. The van der Waals surface area contributed by atoms with Gasteiger partial charge in [-0.25, -0.2) is 9.59 Å². The summed E-state index contributed by atoms with van der Waals surface area (Å²) in [6.45, 7) is 7.83. The van der Waals surface area contributed by atoms with Crippen molar-refractivity contribution >= 4 is 34.1 Å². The van der Waals surface area contributed by atoms with Gasteiger partial charge in [0.25, 0.3) is 0 Å². The van der Waals surface area contributed by atoms with E-state index >= 15 is 0 Å². The molecule has 28 heavy (non-hydrogen) atoms. The topological polar surface area (TPSA) is 76.7 Å². The molecule has 6 nitrogen and oxygen atoms in total. The lowest BCUT2D eigenvalue weighted by Crippen LogP contribution is -2.05. The van der Waals surface area contributed by atoms with Crippen molar-refractivity contribution in [3.63, 3.8) is 0 Å². The first-order valence-electron chi connectivity index (χ1n) is 9.20. The van der Waals surface area contributed by atoms with Crippen molar-refractivity contribution in [2.75, 3.05) is 23.8 Å². The fourth-order valence-corrected chi connectivity index (χ4v) is 2.75. The van der Waals surface area contributed by atoms with Gasteiger partial charge in [-0.3, -0.25) is 0 Å². The highest BCUT2D eigenvalue weighted by Gasteiger charge is 2.07. The molecule has 0 bridgehead atoms. The number of fused-ring (bicyclic) bond motifs is 1. The summed E-state index contributed by atoms with van der Waals surface area (Å²) in [4.78, 5) is 23.2. The van der Waals surface area contributed by atoms with Crippen LogP contribution < -0.4 is 10.6 Å². The van der Waals surface area contributed by atoms with Gasteiger partial charge in [0.2, 0.25) is 0 Å². The SMILES string of the molecule is CCOC(=O)/C=C(/C)Nc1cccc2c(N/C(C)=C/C(=O)OCC)cccc12. The Morgan fingerprint density at radius 1 is 0.786 bits per heavy atom. The van der Waals surface area contributed by atoms with E-state index in [1.54, 1.807) is 13.8 Å². The molecule has 2 aromatic rings. The fourth-order valence-electron chi connectivity index (χ4n) is 2.75. The molecule has 0 saturated heterocycles. The zero-order valence-electron chi connectivity index (χ0n) is 16.7. The summed E-state index contributed by atoms with van der Waals surface area (Å²) in [6, 6.07) is 11.7. The standard InChI is InChI=1S/C22H26N2O4/c1-5-27-21(25)13-15(3)23-19-11-7-10-18-17(19)9-8-12-20(18)24-16(4)14-22(26)28-6-2/h7-14,23-24H,5-6H2,1-4H3/b15-13-,16-14+. The zero-order valence-corrected chi connectivity index (χ0v) is 16.7. The maximum atomic E-state index is 11.6. The van der Waals surface area contributed by atoms with E-state index in [0.717, 1.165) is 22.1 Å². The van der Waals surface area contributed by atoms with Crippen LogP contribution in [0.2, 0.25) is 0 Å². The average molecular weight is 382 g/mol. The average Bonchev–Trinajstić information content (AvgIpc) is 2.62. The number of carbonyl (C=O) groups is 2. The quantitative estimate of drug-likeness (QED) is 0.513. The van der Waals surface area contributed by atoms with Crippen LogP contribution in [0.15, 0.2) is 59.9 Å². The fraction of sp³-hybridized carbons (Fsp3) is 0.273. The normalized spacial score (nSPS) is 11.9. The third kappa shape index (κ3) is 5.87. The number of hydrogen-bond acceptors (Lipinski definition) is 6. The molecule has 0 fully saturated rings. The molecule has 0 aromatic heterocycles. The van der Waals surface area contributed by atoms with E-state index in [-0.39, 0.29) is 11.9 Å². The number of rotatable bonds is 8. The number of anilines is 2. The molecule has 0 spiro atoms. The van der Waals surface area contributed by atoms with E-state index in [0.29, 0.717) is 24.6 Å². The summed E-state index contributed by atoms with van der Waals surface area (Å²) < 4.78 is 9.88. The molecule has 0 saturated carbocycles. The number of nitrogens with one attached hydrogen (secondary N) is 2. The van der Waals surface area contributed by atoms with Crippen molar-refractivity contribution in [3.05, 3.63) is 59.9 Å². The van der Waals surface area contributed by atoms with Crippen molar-refractivity contribution in [1.29, 1.82) is 0 Å². The predicted molar refractivity (Wildman–Crippen MR) is 112 cm³/mol. The summed E-state index contributed by atoms with van der Waals surface area (Å²) in [7, 11) is 0. The molecular formula is C22H26N2O4. The first kappa shape index (κ1) is 21.0. The smallest absolute Gasteiger partial charge is 0.332 e. The highest BCUT2D eigenvalue weighted by atomic mass is 16.5. The van der Waals surface area contributed by atoms with Gasteiger partial charge in [-0.1, -0.05) is 24.3 Å². The Bertz CT molecular complexity index is 841. The second kappa shape index (κ2) is 10.2. The second-order valence-electron chi connectivity index (χ2n) is 6.12. The molecule has 0 radical (unpaired) electrons. The molecule has 2 aromatic carbocycles. The van der Waals surface area contributed by atoms with Gasteiger partial charge in [0.05, 0.1) is 13.2 Å². The van der Waals surface area contributed by atoms with Gasteiger partial charge >= 0.3 is 11.9 Å². The monoisotopic (exact) mass is 382 g/mol. The number of ether oxygens (including phenoxy) is 2. The minimum Gasteiger partial charge on any atom is -0.463 e. The van der Waals surface area contributed by atoms with Crippen LogP contribution in [-0.4, -0.2) is 25.2 Å². The highest BCUT2D eigenvalue weighted by molar-refractivity contribution is 6.02. The summed E-state index contributed by atoms with van der Waals surface area (Å²) >= 11 is 0. The maximum absolute atomic E-state index is 11.6. The van der Waals surface area contributed by atoms with Crippen molar-refractivity contribution < 1.29 is 19.1 Å². The van der Waals surface area contributed by atoms with Crippen LogP contribution in [0.4, 0.5) is 11.4 Å². The Kier molecular flexibility index (Phi) is 7.63. The van der Waals surface area contributed by atoms with Crippen LogP contribution >= 0.6 is 0 Å². The third-order valence-electron chi connectivity index (χ3n) is 3.83. The van der Waals surface area contributed by atoms with Gasteiger partial charge in [-0.05, 0) is 39.8 Å². The molecule has 0 aliphatic heterocycles. The van der Waals surface area contributed by atoms with E-state index in [2.05, 4.69) is 10.6 Å². The van der Waals surface area contributed by atoms with E-state index in [9.17, 15) is 9.59 Å². The van der Waals surface area contributed by atoms with Gasteiger partial charge in [-0.15, -0.1) is 0 Å². The van der Waals surface area contributed by atoms with Crippen LogP contribution in [0, 0.1) is 0 Å². The Morgan fingerprint density at radius 3 is 1.54 bits per heavy atom. The molecule has 0 amide bonds. The Balaban J connectivity index is 2.29. The maximum Gasteiger partial charge on any atom is 0.332 e. The number of allylic oxidation sites excluding steroid dienone is 2. The van der Waals surface area contributed by atoms with Crippen LogP contribution in [0.25, 0.3) is 10.8 Å². The second-order valence-corrected chi connectivity index (χ2v) is 6.12. The Labute approximate surface area is 165 Å². The van der Waals surface area contributed by atoms with Gasteiger partial charge in [0, 0.05) is 45.7 Å². The molecular weight excluding hydrogens is 356 g/mol. The summed E-state index contributed by atoms with van der Waals surface area (Å²) in [5.41, 5.74) is 3.10. The lowest BCUT2D eigenvalue weighted by atomic mass is 10.1. The van der Waals surface area contributed by atoms with Crippen molar-refractivity contribution in [1.82, 2.24) is 0 Å². The molecule has 148 valence electrons. The zero-order chi connectivity index (χ0) is 20.5. The summed E-state index contributed by atoms with van der Waals surface area (Å²) in [5, 5.41) is 8.45. The predicted octanol–water partition coefficient (Wildman–Crippen LogP) is 4.60. The van der Waals surface area contributed by atoms with E-state index < -0.39 is 0 Å². The Hall–Kier alpha value is -3.28. The molecule has 0 aliphatic carbocycles. The van der Waals surface area contributed by atoms with Crippen molar-refractivity contribution in [2.45, 2.75) is 27.7 Å². The third-order valence-corrected chi connectivity index (χ3v) is 3.83. The minimum atomic E-state index is -0.380. The molecule has 6 heteroatoms. The van der Waals surface area contributed by atoms with Gasteiger partial charge in [0.15, 0.2) is 0 Å². The summed E-state index contributed by atoms with van der Waals surface area (Å²) in [5.74, 6) is -0.760. The van der Waals surface area contributed by atoms with Gasteiger partial charge < -0.3 is 20.1 Å². The lowest BCUT2D eigenvalue weighted by molar-refractivity contribution is -0.138. The van der Waals surface area contributed by atoms with Crippen LogP contribution in [-0.2, 0) is 19.1 Å². The molecule has 0 atom stereocenters. The molecule has 2 rings (SSSR count). The van der Waals surface area contributed by atoms with Crippen molar-refractivity contribution in [2.24, 2.45) is 0 Å². The van der Waals surface area contributed by atoms with Gasteiger partial charge in [-0.2, -0.15) is 0 Å². The molecule has 2 N–H and O–H groups in total. The van der Waals surface area contributed by atoms with Gasteiger partial charge in [0.1, 0.15) is 0 Å².